The van der Waals surface area contributed by atoms with Crippen LogP contribution in [0.2, 0.25) is 0 Å². The van der Waals surface area contributed by atoms with Gasteiger partial charge in [0.15, 0.2) is 5.70 Å². The highest BCUT2D eigenvalue weighted by molar-refractivity contribution is 6.13. The molecule has 1 aliphatic heterocycles. The van der Waals surface area contributed by atoms with E-state index >= 15 is 0 Å². The number of hydrogen-bond acceptors (Lipinski definition) is 4. The fourth-order valence-electron chi connectivity index (χ4n) is 3.12. The molecule has 1 heterocycles. The Balaban J connectivity index is 1.54. The van der Waals surface area contributed by atoms with E-state index in [-0.39, 0.29) is 5.70 Å². The molecule has 0 amide bonds. The molecule has 3 aromatic carbocycles. The lowest BCUT2D eigenvalue weighted by Gasteiger charge is -2.09. The normalized spacial score (nSPS) is 14.6. The van der Waals surface area contributed by atoms with Crippen LogP contribution >= 0.6 is 0 Å². The predicted octanol–water partition coefficient (Wildman–Crippen LogP) is 5.23. The van der Waals surface area contributed by atoms with Crippen molar-refractivity contribution in [3.8, 4) is 5.75 Å². The van der Waals surface area contributed by atoms with Gasteiger partial charge in [0.1, 0.15) is 12.4 Å². The van der Waals surface area contributed by atoms with Crippen LogP contribution in [0.1, 0.15) is 27.8 Å². The Morgan fingerprint density at radius 1 is 0.931 bits per heavy atom. The van der Waals surface area contributed by atoms with Crippen LogP contribution in [0.4, 0.5) is 0 Å². The van der Waals surface area contributed by atoms with Gasteiger partial charge in [0.2, 0.25) is 5.90 Å². The molecule has 4 heteroatoms. The maximum absolute atomic E-state index is 12.3. The van der Waals surface area contributed by atoms with Gasteiger partial charge >= 0.3 is 5.97 Å². The van der Waals surface area contributed by atoms with Crippen LogP contribution in [0.3, 0.4) is 0 Å². The Morgan fingerprint density at radius 2 is 1.69 bits per heavy atom. The van der Waals surface area contributed by atoms with Crippen LogP contribution in [-0.2, 0) is 16.1 Å². The van der Waals surface area contributed by atoms with E-state index in [4.69, 9.17) is 9.47 Å². The van der Waals surface area contributed by atoms with Gasteiger partial charge in [-0.05, 0) is 60.4 Å². The van der Waals surface area contributed by atoms with Crippen molar-refractivity contribution in [3.63, 3.8) is 0 Å². The van der Waals surface area contributed by atoms with Crippen LogP contribution < -0.4 is 4.74 Å². The van der Waals surface area contributed by atoms with Gasteiger partial charge in [0.05, 0.1) is 0 Å². The highest BCUT2D eigenvalue weighted by Gasteiger charge is 2.24. The third kappa shape index (κ3) is 4.27. The molecule has 4 rings (SSSR count). The Bertz CT molecular complexity index is 1130. The summed E-state index contributed by atoms with van der Waals surface area (Å²) in [6, 6.07) is 23.4. The predicted molar refractivity (Wildman–Crippen MR) is 114 cm³/mol. The SMILES string of the molecule is Cc1ccccc1COc1cccc(/C=C2\N=C(c3ccccc3C)OC2=O)c1. The summed E-state index contributed by atoms with van der Waals surface area (Å²) < 4.78 is 11.3. The number of hydrogen-bond donors (Lipinski definition) is 0. The topological polar surface area (TPSA) is 47.9 Å². The van der Waals surface area contributed by atoms with Crippen molar-refractivity contribution >= 4 is 17.9 Å². The van der Waals surface area contributed by atoms with Crippen LogP contribution in [0.5, 0.6) is 5.75 Å². The zero-order valence-electron chi connectivity index (χ0n) is 16.4. The molecule has 0 bridgehead atoms. The molecule has 29 heavy (non-hydrogen) atoms. The molecule has 4 nitrogen and oxygen atoms in total. The molecule has 0 saturated carbocycles. The van der Waals surface area contributed by atoms with Crippen molar-refractivity contribution in [2.24, 2.45) is 4.99 Å². The quantitative estimate of drug-likeness (QED) is 0.448. The summed E-state index contributed by atoms with van der Waals surface area (Å²) in [5.74, 6) is 0.623. The highest BCUT2D eigenvalue weighted by Crippen LogP contribution is 2.23. The van der Waals surface area contributed by atoms with Crippen molar-refractivity contribution in [2.45, 2.75) is 20.5 Å². The van der Waals surface area contributed by atoms with Crippen molar-refractivity contribution in [3.05, 3.63) is 106 Å². The first kappa shape index (κ1) is 18.7. The largest absolute Gasteiger partial charge is 0.489 e. The van der Waals surface area contributed by atoms with Gasteiger partial charge in [-0.3, -0.25) is 0 Å². The molecule has 0 atom stereocenters. The summed E-state index contributed by atoms with van der Waals surface area (Å²) in [6.07, 6.45) is 1.72. The lowest BCUT2D eigenvalue weighted by Crippen LogP contribution is -2.06. The maximum atomic E-state index is 12.3. The van der Waals surface area contributed by atoms with E-state index in [1.165, 1.54) is 5.56 Å². The fourth-order valence-corrected chi connectivity index (χ4v) is 3.12. The van der Waals surface area contributed by atoms with Crippen LogP contribution in [0, 0.1) is 13.8 Å². The molecule has 0 aromatic heterocycles. The van der Waals surface area contributed by atoms with Crippen molar-refractivity contribution in [1.82, 2.24) is 0 Å². The third-order valence-electron chi connectivity index (χ3n) is 4.81. The summed E-state index contributed by atoms with van der Waals surface area (Å²) in [6.45, 7) is 4.52. The summed E-state index contributed by atoms with van der Waals surface area (Å²) in [4.78, 5) is 16.7. The van der Waals surface area contributed by atoms with E-state index in [0.29, 0.717) is 12.5 Å². The number of esters is 1. The second-order valence-electron chi connectivity index (χ2n) is 6.94. The number of nitrogens with zero attached hydrogens (tertiary/aromatic N) is 1. The Hall–Kier alpha value is -3.66. The molecule has 3 aromatic rings. The molecular weight excluding hydrogens is 362 g/mol. The van der Waals surface area contributed by atoms with Crippen molar-refractivity contribution in [1.29, 1.82) is 0 Å². The Labute approximate surface area is 170 Å². The number of rotatable bonds is 5. The van der Waals surface area contributed by atoms with Gasteiger partial charge < -0.3 is 9.47 Å². The highest BCUT2D eigenvalue weighted by atomic mass is 16.6. The van der Waals surface area contributed by atoms with Gasteiger partial charge in [-0.15, -0.1) is 0 Å². The third-order valence-corrected chi connectivity index (χ3v) is 4.81. The number of carbonyl (C=O) groups excluding carboxylic acids is 1. The number of benzene rings is 3. The summed E-state index contributed by atoms with van der Waals surface area (Å²) in [5, 5.41) is 0. The first-order valence-electron chi connectivity index (χ1n) is 9.46. The van der Waals surface area contributed by atoms with Crippen molar-refractivity contribution < 1.29 is 14.3 Å². The molecule has 0 saturated heterocycles. The van der Waals surface area contributed by atoms with Gasteiger partial charge in [-0.1, -0.05) is 54.6 Å². The molecule has 0 N–H and O–H groups in total. The van der Waals surface area contributed by atoms with Gasteiger partial charge in [-0.2, -0.15) is 0 Å². The lowest BCUT2D eigenvalue weighted by atomic mass is 10.1. The minimum Gasteiger partial charge on any atom is -0.489 e. The average Bonchev–Trinajstić information content (AvgIpc) is 3.08. The lowest BCUT2D eigenvalue weighted by molar-refractivity contribution is -0.129. The van der Waals surface area contributed by atoms with E-state index in [9.17, 15) is 4.79 Å². The first-order chi connectivity index (χ1) is 14.1. The monoisotopic (exact) mass is 383 g/mol. The Morgan fingerprint density at radius 3 is 2.48 bits per heavy atom. The molecule has 0 fully saturated rings. The number of carbonyl (C=O) groups is 1. The zero-order chi connectivity index (χ0) is 20.2. The molecule has 0 spiro atoms. The van der Waals surface area contributed by atoms with E-state index < -0.39 is 5.97 Å². The summed E-state index contributed by atoms with van der Waals surface area (Å²) in [5.41, 5.74) is 5.26. The second-order valence-corrected chi connectivity index (χ2v) is 6.94. The molecule has 0 unspecified atom stereocenters. The van der Waals surface area contributed by atoms with E-state index in [1.54, 1.807) is 6.08 Å². The number of aliphatic imine (C=N–C) groups is 1. The standard InChI is InChI=1S/C25H21NO3/c1-17-8-3-5-11-20(17)16-28-21-12-7-10-19(14-21)15-23-25(27)29-24(26-23)22-13-6-4-9-18(22)2/h3-15H,16H2,1-2H3/b23-15-. The number of aryl methyl sites for hydroxylation is 2. The average molecular weight is 383 g/mol. The molecule has 1 aliphatic rings. The smallest absolute Gasteiger partial charge is 0.363 e. The minimum absolute atomic E-state index is 0.277. The van der Waals surface area contributed by atoms with E-state index in [1.807, 2.05) is 67.6 Å². The van der Waals surface area contributed by atoms with E-state index in [2.05, 4.69) is 24.0 Å². The van der Waals surface area contributed by atoms with Crippen LogP contribution in [0.15, 0.2) is 83.5 Å². The Kier molecular flexibility index (Phi) is 5.25. The van der Waals surface area contributed by atoms with Gasteiger partial charge in [-0.25, -0.2) is 9.79 Å². The van der Waals surface area contributed by atoms with Crippen molar-refractivity contribution in [2.75, 3.05) is 0 Å². The van der Waals surface area contributed by atoms with Gasteiger partial charge in [0, 0.05) is 5.56 Å². The first-order valence-corrected chi connectivity index (χ1v) is 9.46. The summed E-state index contributed by atoms with van der Waals surface area (Å²) >= 11 is 0. The molecule has 0 aliphatic carbocycles. The van der Waals surface area contributed by atoms with E-state index in [0.717, 1.165) is 28.0 Å². The maximum Gasteiger partial charge on any atom is 0.363 e. The van der Waals surface area contributed by atoms with Gasteiger partial charge in [0.25, 0.3) is 0 Å². The van der Waals surface area contributed by atoms with Crippen LogP contribution in [-0.4, -0.2) is 11.9 Å². The minimum atomic E-state index is -0.450. The zero-order valence-corrected chi connectivity index (χ0v) is 16.4. The molecular formula is C25H21NO3. The number of ether oxygens (including phenoxy) is 2. The number of cyclic esters (lactones) is 1. The second kappa shape index (κ2) is 8.15. The fraction of sp³-hybridized carbons (Fsp3) is 0.120. The van der Waals surface area contributed by atoms with Crippen LogP contribution in [0.25, 0.3) is 6.08 Å². The summed E-state index contributed by atoms with van der Waals surface area (Å²) in [7, 11) is 0. The molecule has 144 valence electrons. The molecule has 0 radical (unpaired) electrons.